The molecule has 0 radical (unpaired) electrons. The number of allylic oxidation sites excluding steroid dienone is 1. The molecule has 2 unspecified atom stereocenters. The Hall–Kier alpha value is -0.0831. The summed E-state index contributed by atoms with van der Waals surface area (Å²) in [5, 5.41) is 0. The molecule has 2 rings (SSSR count). The minimum atomic E-state index is -1.37. The highest BCUT2D eigenvalue weighted by atomic mass is 28.4. The van der Waals surface area contributed by atoms with Gasteiger partial charge in [0.1, 0.15) is 0 Å². The van der Waals surface area contributed by atoms with Crippen molar-refractivity contribution in [2.24, 2.45) is 5.92 Å². The molecular weight excluding hydrogens is 188 g/mol. The van der Waals surface area contributed by atoms with Crippen molar-refractivity contribution in [2.75, 3.05) is 0 Å². The van der Waals surface area contributed by atoms with E-state index in [1.165, 1.54) is 32.1 Å². The maximum Gasteiger partial charge on any atom is 0.184 e. The number of hydrogen-bond acceptors (Lipinski definition) is 1. The molecule has 0 aromatic rings. The molecule has 80 valence electrons. The van der Waals surface area contributed by atoms with Gasteiger partial charge >= 0.3 is 0 Å². The molecule has 2 atom stereocenters. The number of rotatable bonds is 2. The summed E-state index contributed by atoms with van der Waals surface area (Å²) in [7, 11) is -1.37. The molecule has 0 heterocycles. The van der Waals surface area contributed by atoms with Gasteiger partial charge in [-0.3, -0.25) is 0 Å². The van der Waals surface area contributed by atoms with Crippen molar-refractivity contribution in [1.82, 2.24) is 0 Å². The fourth-order valence-corrected chi connectivity index (χ4v) is 4.00. The van der Waals surface area contributed by atoms with Crippen LogP contribution in [0.2, 0.25) is 19.6 Å². The van der Waals surface area contributed by atoms with Gasteiger partial charge in [-0.1, -0.05) is 18.6 Å². The van der Waals surface area contributed by atoms with E-state index in [9.17, 15) is 0 Å². The van der Waals surface area contributed by atoms with Crippen LogP contribution in [0.15, 0.2) is 12.2 Å². The molecule has 0 saturated heterocycles. The first-order chi connectivity index (χ1) is 6.52. The van der Waals surface area contributed by atoms with Crippen LogP contribution >= 0.6 is 0 Å². The van der Waals surface area contributed by atoms with E-state index in [0.717, 1.165) is 5.92 Å². The van der Waals surface area contributed by atoms with Crippen LogP contribution in [0.1, 0.15) is 32.1 Å². The third-order valence-electron chi connectivity index (χ3n) is 3.17. The quantitative estimate of drug-likeness (QED) is 0.498. The first kappa shape index (κ1) is 10.4. The van der Waals surface area contributed by atoms with Gasteiger partial charge in [-0.2, -0.15) is 0 Å². The summed E-state index contributed by atoms with van der Waals surface area (Å²) in [5.74, 6) is 0.839. The molecule has 0 aliphatic heterocycles. The van der Waals surface area contributed by atoms with Crippen molar-refractivity contribution in [1.29, 1.82) is 0 Å². The molecule has 0 aromatic heterocycles. The van der Waals surface area contributed by atoms with Crippen molar-refractivity contribution in [3.05, 3.63) is 12.2 Å². The molecule has 14 heavy (non-hydrogen) atoms. The predicted octanol–water partition coefficient (Wildman–Crippen LogP) is 3.73. The molecule has 0 amide bonds. The predicted molar refractivity (Wildman–Crippen MR) is 62.9 cm³/mol. The molecule has 0 bridgehead atoms. The molecule has 2 heteroatoms. The van der Waals surface area contributed by atoms with Gasteiger partial charge in [0, 0.05) is 0 Å². The molecule has 2 aliphatic carbocycles. The van der Waals surface area contributed by atoms with Crippen LogP contribution in [0, 0.1) is 5.92 Å². The third-order valence-corrected chi connectivity index (χ3v) is 4.16. The Kier molecular flexibility index (Phi) is 2.60. The first-order valence-electron chi connectivity index (χ1n) is 5.90. The first-order valence-corrected chi connectivity index (χ1v) is 9.31. The SMILES string of the molecule is C[Si](C)(C)OC12C=CCCCCC1C2. The van der Waals surface area contributed by atoms with Crippen LogP contribution in [-0.4, -0.2) is 13.9 Å². The minimum absolute atomic E-state index is 0.185. The Balaban J connectivity index is 2.05. The molecule has 1 fully saturated rings. The standard InChI is InChI=1S/C12H22OSi/c1-14(2,3)13-12-9-7-5-4-6-8-11(12)10-12/h7,9,11H,4-6,8,10H2,1-3H3. The third kappa shape index (κ3) is 2.29. The second-order valence-corrected chi connectivity index (χ2v) is 10.2. The number of hydrogen-bond donors (Lipinski definition) is 0. The molecule has 2 aliphatic rings. The van der Waals surface area contributed by atoms with Crippen LogP contribution < -0.4 is 0 Å². The zero-order chi connectivity index (χ0) is 10.2. The van der Waals surface area contributed by atoms with E-state index in [1.807, 2.05) is 0 Å². The molecule has 1 nitrogen and oxygen atoms in total. The monoisotopic (exact) mass is 210 g/mol. The van der Waals surface area contributed by atoms with Crippen LogP contribution in [0.25, 0.3) is 0 Å². The Morgan fingerprint density at radius 2 is 2.07 bits per heavy atom. The largest absolute Gasteiger partial charge is 0.408 e. The Labute approximate surface area is 88.7 Å². The van der Waals surface area contributed by atoms with Gasteiger partial charge in [0.15, 0.2) is 8.32 Å². The lowest BCUT2D eigenvalue weighted by molar-refractivity contribution is 0.197. The fraction of sp³-hybridized carbons (Fsp3) is 0.833. The summed E-state index contributed by atoms with van der Waals surface area (Å²) in [6, 6.07) is 0. The van der Waals surface area contributed by atoms with Gasteiger partial charge in [0.05, 0.1) is 5.60 Å². The van der Waals surface area contributed by atoms with E-state index in [2.05, 4.69) is 31.8 Å². The maximum absolute atomic E-state index is 6.33. The van der Waals surface area contributed by atoms with Gasteiger partial charge in [0.2, 0.25) is 0 Å². The highest BCUT2D eigenvalue weighted by Crippen LogP contribution is 2.53. The second-order valence-electron chi connectivity index (χ2n) is 5.76. The molecular formula is C12H22OSi. The van der Waals surface area contributed by atoms with Gasteiger partial charge in [-0.25, -0.2) is 0 Å². The molecule has 0 aromatic carbocycles. The van der Waals surface area contributed by atoms with Gasteiger partial charge in [-0.15, -0.1) is 0 Å². The Morgan fingerprint density at radius 1 is 1.29 bits per heavy atom. The summed E-state index contributed by atoms with van der Waals surface area (Å²) in [5.41, 5.74) is 0.185. The van der Waals surface area contributed by atoms with E-state index in [0.29, 0.717) is 0 Å². The fourth-order valence-electron chi connectivity index (χ4n) is 2.54. The summed E-state index contributed by atoms with van der Waals surface area (Å²) in [6.45, 7) is 6.89. The molecule has 0 spiro atoms. The summed E-state index contributed by atoms with van der Waals surface area (Å²) >= 11 is 0. The van der Waals surface area contributed by atoms with E-state index in [1.54, 1.807) is 0 Å². The van der Waals surface area contributed by atoms with E-state index < -0.39 is 8.32 Å². The summed E-state index contributed by atoms with van der Waals surface area (Å²) in [6.07, 6.45) is 11.4. The van der Waals surface area contributed by atoms with Crippen molar-refractivity contribution in [3.8, 4) is 0 Å². The van der Waals surface area contributed by atoms with Crippen LogP contribution in [-0.2, 0) is 4.43 Å². The average molecular weight is 210 g/mol. The van der Waals surface area contributed by atoms with Gasteiger partial charge in [-0.05, 0) is 51.2 Å². The molecule has 0 N–H and O–H groups in total. The van der Waals surface area contributed by atoms with Crippen molar-refractivity contribution in [2.45, 2.75) is 57.3 Å². The number of fused-ring (bicyclic) bond motifs is 1. The van der Waals surface area contributed by atoms with E-state index in [4.69, 9.17) is 4.43 Å². The zero-order valence-electron chi connectivity index (χ0n) is 9.68. The minimum Gasteiger partial charge on any atom is -0.408 e. The lowest BCUT2D eigenvalue weighted by Gasteiger charge is -2.26. The van der Waals surface area contributed by atoms with Gasteiger partial charge < -0.3 is 4.43 Å². The van der Waals surface area contributed by atoms with Crippen LogP contribution in [0.3, 0.4) is 0 Å². The highest BCUT2D eigenvalue weighted by Gasteiger charge is 2.54. The lowest BCUT2D eigenvalue weighted by atomic mass is 10.0. The Bertz CT molecular complexity index is 241. The average Bonchev–Trinajstić information content (AvgIpc) is 2.60. The van der Waals surface area contributed by atoms with E-state index in [-0.39, 0.29) is 5.60 Å². The van der Waals surface area contributed by atoms with Crippen molar-refractivity contribution >= 4 is 8.32 Å². The zero-order valence-corrected chi connectivity index (χ0v) is 10.7. The van der Waals surface area contributed by atoms with Crippen molar-refractivity contribution in [3.63, 3.8) is 0 Å². The van der Waals surface area contributed by atoms with E-state index >= 15 is 0 Å². The lowest BCUT2D eigenvalue weighted by Crippen LogP contribution is -2.33. The van der Waals surface area contributed by atoms with Gasteiger partial charge in [0.25, 0.3) is 0 Å². The second kappa shape index (κ2) is 3.49. The Morgan fingerprint density at radius 3 is 2.79 bits per heavy atom. The normalized spacial score (nSPS) is 37.2. The summed E-state index contributed by atoms with van der Waals surface area (Å²) in [4.78, 5) is 0. The summed E-state index contributed by atoms with van der Waals surface area (Å²) < 4.78 is 6.33. The smallest absolute Gasteiger partial charge is 0.184 e. The highest BCUT2D eigenvalue weighted by molar-refractivity contribution is 6.69. The topological polar surface area (TPSA) is 9.23 Å². The molecule has 1 saturated carbocycles. The maximum atomic E-state index is 6.33. The van der Waals surface area contributed by atoms with Crippen LogP contribution in [0.4, 0.5) is 0 Å². The van der Waals surface area contributed by atoms with Crippen LogP contribution in [0.5, 0.6) is 0 Å². The van der Waals surface area contributed by atoms with Crippen molar-refractivity contribution < 1.29 is 4.43 Å².